The van der Waals surface area contributed by atoms with Gasteiger partial charge in [-0.15, -0.1) is 0 Å². The molecule has 0 aliphatic heterocycles. The van der Waals surface area contributed by atoms with E-state index in [9.17, 15) is 0 Å². The van der Waals surface area contributed by atoms with E-state index < -0.39 is 0 Å². The molecule has 0 unspecified atom stereocenters. The number of nitrogens with zero attached hydrogens (tertiary/aromatic N) is 3. The summed E-state index contributed by atoms with van der Waals surface area (Å²) in [6.45, 7) is -0.0350. The number of hydrogen-bond donors (Lipinski definition) is 2. The van der Waals surface area contributed by atoms with Crippen LogP contribution in [0, 0.1) is 0 Å². The predicted octanol–water partition coefficient (Wildman–Crippen LogP) is 1.93. The summed E-state index contributed by atoms with van der Waals surface area (Å²) in [6.07, 6.45) is 1.48. The second kappa shape index (κ2) is 4.65. The van der Waals surface area contributed by atoms with Gasteiger partial charge in [0.05, 0.1) is 6.61 Å². The number of anilines is 2. The van der Waals surface area contributed by atoms with Crippen LogP contribution in [0.4, 0.5) is 10.9 Å². The Morgan fingerprint density at radius 1 is 1.47 bits per heavy atom. The highest BCUT2D eigenvalue weighted by molar-refractivity contribution is 9.10. The number of rotatable bonds is 3. The van der Waals surface area contributed by atoms with Crippen LogP contribution in [-0.2, 0) is 6.61 Å². The fourth-order valence-corrected chi connectivity index (χ4v) is 1.88. The van der Waals surface area contributed by atoms with Crippen LogP contribution < -0.4 is 5.32 Å². The third-order valence-electron chi connectivity index (χ3n) is 1.69. The van der Waals surface area contributed by atoms with Crippen molar-refractivity contribution in [3.63, 3.8) is 0 Å². The third-order valence-corrected chi connectivity index (χ3v) is 2.96. The van der Waals surface area contributed by atoms with Gasteiger partial charge in [-0.25, -0.2) is 9.97 Å². The molecular weight excluding hydrogens is 280 g/mol. The minimum absolute atomic E-state index is 0.0350. The zero-order chi connectivity index (χ0) is 10.7. The molecule has 0 bridgehead atoms. The van der Waals surface area contributed by atoms with E-state index in [0.717, 1.165) is 5.56 Å². The standard InChI is InChI=1S/C8H7BrN4OS/c9-7-5(3-14)1-2-6(12-7)13-8-10-4-11-15-8/h1-2,4,14H,3H2,(H,10,11,12,13). The lowest BCUT2D eigenvalue weighted by Gasteiger charge is -2.04. The molecule has 2 N–H and O–H groups in total. The van der Waals surface area contributed by atoms with Gasteiger partial charge in [0.25, 0.3) is 0 Å². The lowest BCUT2D eigenvalue weighted by Crippen LogP contribution is -1.95. The van der Waals surface area contributed by atoms with Crippen LogP contribution in [0.1, 0.15) is 5.56 Å². The molecule has 0 fully saturated rings. The van der Waals surface area contributed by atoms with Gasteiger partial charge in [0.1, 0.15) is 16.7 Å². The molecular formula is C8H7BrN4OS. The molecule has 0 amide bonds. The van der Waals surface area contributed by atoms with Crippen molar-refractivity contribution in [2.24, 2.45) is 0 Å². The van der Waals surface area contributed by atoms with Crippen molar-refractivity contribution in [2.75, 3.05) is 5.32 Å². The molecule has 2 aromatic rings. The van der Waals surface area contributed by atoms with Crippen molar-refractivity contribution in [2.45, 2.75) is 6.61 Å². The highest BCUT2D eigenvalue weighted by Gasteiger charge is 2.03. The van der Waals surface area contributed by atoms with E-state index in [2.05, 4.69) is 35.6 Å². The SMILES string of the molecule is OCc1ccc(Nc2ncns2)nc1Br. The van der Waals surface area contributed by atoms with Crippen molar-refractivity contribution in [3.8, 4) is 0 Å². The highest BCUT2D eigenvalue weighted by Crippen LogP contribution is 2.20. The first-order valence-corrected chi connectivity index (χ1v) is 5.66. The molecule has 0 aliphatic rings. The van der Waals surface area contributed by atoms with Crippen molar-refractivity contribution in [1.82, 2.24) is 14.3 Å². The number of pyridine rings is 1. The predicted molar refractivity (Wildman–Crippen MR) is 61.1 cm³/mol. The number of hydrogen-bond acceptors (Lipinski definition) is 6. The Morgan fingerprint density at radius 2 is 2.33 bits per heavy atom. The normalized spacial score (nSPS) is 10.3. The monoisotopic (exact) mass is 286 g/mol. The van der Waals surface area contributed by atoms with Gasteiger partial charge in [-0.05, 0) is 22.0 Å². The Balaban J connectivity index is 2.20. The first-order chi connectivity index (χ1) is 7.29. The molecule has 15 heavy (non-hydrogen) atoms. The van der Waals surface area contributed by atoms with Gasteiger partial charge in [-0.1, -0.05) is 6.07 Å². The Bertz CT molecular complexity index is 448. The molecule has 2 rings (SSSR count). The number of aromatic nitrogens is 3. The minimum atomic E-state index is -0.0350. The Kier molecular flexibility index (Phi) is 3.24. The lowest BCUT2D eigenvalue weighted by molar-refractivity contribution is 0.280. The lowest BCUT2D eigenvalue weighted by atomic mass is 10.3. The summed E-state index contributed by atoms with van der Waals surface area (Å²) in [5.41, 5.74) is 0.748. The summed E-state index contributed by atoms with van der Waals surface area (Å²) < 4.78 is 4.49. The van der Waals surface area contributed by atoms with Crippen molar-refractivity contribution >= 4 is 38.4 Å². The molecule has 2 aromatic heterocycles. The van der Waals surface area contributed by atoms with Gasteiger partial charge in [0, 0.05) is 17.1 Å². The Morgan fingerprint density at radius 3 is 2.93 bits per heavy atom. The fourth-order valence-electron chi connectivity index (χ4n) is 0.988. The Hall–Kier alpha value is -1.05. The third kappa shape index (κ3) is 2.49. The van der Waals surface area contributed by atoms with Crippen LogP contribution in [0.2, 0.25) is 0 Å². The molecule has 0 aromatic carbocycles. The van der Waals surface area contributed by atoms with E-state index in [0.29, 0.717) is 15.6 Å². The Labute approximate surface area is 98.5 Å². The van der Waals surface area contributed by atoms with Gasteiger partial charge in [-0.3, -0.25) is 0 Å². The van der Waals surface area contributed by atoms with Crippen LogP contribution in [0.15, 0.2) is 23.1 Å². The van der Waals surface area contributed by atoms with E-state index in [1.165, 1.54) is 17.9 Å². The van der Waals surface area contributed by atoms with Crippen LogP contribution in [0.3, 0.4) is 0 Å². The second-order valence-electron chi connectivity index (χ2n) is 2.68. The zero-order valence-corrected chi connectivity index (χ0v) is 9.92. The molecule has 78 valence electrons. The first-order valence-electron chi connectivity index (χ1n) is 4.09. The van der Waals surface area contributed by atoms with E-state index in [4.69, 9.17) is 5.11 Å². The van der Waals surface area contributed by atoms with E-state index in [1.807, 2.05) is 0 Å². The summed E-state index contributed by atoms with van der Waals surface area (Å²) in [5.74, 6) is 0.663. The summed E-state index contributed by atoms with van der Waals surface area (Å²) in [6, 6.07) is 3.57. The number of halogens is 1. The quantitative estimate of drug-likeness (QED) is 0.844. The van der Waals surface area contributed by atoms with Crippen molar-refractivity contribution < 1.29 is 5.11 Å². The van der Waals surface area contributed by atoms with E-state index >= 15 is 0 Å². The molecule has 0 saturated carbocycles. The first kappa shape index (κ1) is 10.5. The van der Waals surface area contributed by atoms with Crippen LogP contribution in [-0.4, -0.2) is 19.4 Å². The van der Waals surface area contributed by atoms with Gasteiger partial charge < -0.3 is 10.4 Å². The van der Waals surface area contributed by atoms with Crippen molar-refractivity contribution in [1.29, 1.82) is 0 Å². The fraction of sp³-hybridized carbons (Fsp3) is 0.125. The molecule has 0 saturated heterocycles. The largest absolute Gasteiger partial charge is 0.392 e. The number of nitrogens with one attached hydrogen (secondary N) is 1. The summed E-state index contributed by atoms with van der Waals surface area (Å²) in [5, 5.41) is 12.6. The maximum absolute atomic E-state index is 8.96. The summed E-state index contributed by atoms with van der Waals surface area (Å²) in [7, 11) is 0. The average Bonchev–Trinajstić information content (AvgIpc) is 2.71. The second-order valence-corrected chi connectivity index (χ2v) is 4.21. The molecule has 5 nitrogen and oxygen atoms in total. The van der Waals surface area contributed by atoms with E-state index in [1.54, 1.807) is 12.1 Å². The molecule has 0 radical (unpaired) electrons. The smallest absolute Gasteiger partial charge is 0.207 e. The number of aliphatic hydroxyl groups is 1. The van der Waals surface area contributed by atoms with Gasteiger partial charge in [0.15, 0.2) is 0 Å². The molecule has 0 aliphatic carbocycles. The molecule has 0 spiro atoms. The van der Waals surface area contributed by atoms with Crippen molar-refractivity contribution in [3.05, 3.63) is 28.6 Å². The van der Waals surface area contributed by atoms with Crippen LogP contribution in [0.5, 0.6) is 0 Å². The van der Waals surface area contributed by atoms with E-state index in [-0.39, 0.29) is 6.61 Å². The minimum Gasteiger partial charge on any atom is -0.392 e. The van der Waals surface area contributed by atoms with Crippen LogP contribution in [0.25, 0.3) is 0 Å². The van der Waals surface area contributed by atoms with Gasteiger partial charge in [0.2, 0.25) is 5.13 Å². The van der Waals surface area contributed by atoms with Crippen LogP contribution >= 0.6 is 27.5 Å². The molecule has 7 heteroatoms. The number of aliphatic hydroxyl groups excluding tert-OH is 1. The highest BCUT2D eigenvalue weighted by atomic mass is 79.9. The van der Waals surface area contributed by atoms with Gasteiger partial charge >= 0.3 is 0 Å². The summed E-state index contributed by atoms with van der Waals surface area (Å²) in [4.78, 5) is 8.18. The zero-order valence-electron chi connectivity index (χ0n) is 7.51. The molecule has 2 heterocycles. The average molecular weight is 287 g/mol. The topological polar surface area (TPSA) is 70.9 Å². The van der Waals surface area contributed by atoms with Gasteiger partial charge in [-0.2, -0.15) is 4.37 Å². The summed E-state index contributed by atoms with van der Waals surface area (Å²) >= 11 is 4.52. The molecule has 0 atom stereocenters. The maximum Gasteiger partial charge on any atom is 0.207 e. The maximum atomic E-state index is 8.96.